The lowest BCUT2D eigenvalue weighted by Gasteiger charge is -2.07. The number of aromatic carboxylic acids is 1. The zero-order chi connectivity index (χ0) is 15.4. The Balaban J connectivity index is 1.91. The fourth-order valence-corrected chi connectivity index (χ4v) is 1.75. The summed E-state index contributed by atoms with van der Waals surface area (Å²) in [6.45, 7) is 3.42. The maximum Gasteiger partial charge on any atom is 0.335 e. The summed E-state index contributed by atoms with van der Waals surface area (Å²) in [7, 11) is 0. The molecule has 7 nitrogen and oxygen atoms in total. The summed E-state index contributed by atoms with van der Waals surface area (Å²) in [5.41, 5.74) is 2.28. The molecule has 1 amide bonds. The number of amides is 1. The highest BCUT2D eigenvalue weighted by molar-refractivity contribution is 5.93. The Kier molecular flexibility index (Phi) is 4.22. The molecule has 0 unspecified atom stereocenters. The van der Waals surface area contributed by atoms with Crippen molar-refractivity contribution in [1.29, 1.82) is 0 Å². The van der Waals surface area contributed by atoms with Crippen LogP contribution in [-0.4, -0.2) is 33.8 Å². The van der Waals surface area contributed by atoms with Crippen LogP contribution >= 0.6 is 0 Å². The predicted octanol–water partition coefficient (Wildman–Crippen LogP) is 1.74. The first kappa shape index (κ1) is 14.6. The van der Waals surface area contributed by atoms with Gasteiger partial charge in [0.25, 0.3) is 5.91 Å². The number of carboxylic acid groups (broad SMARTS) is 1. The zero-order valence-corrected chi connectivity index (χ0v) is 11.6. The second kappa shape index (κ2) is 6.08. The summed E-state index contributed by atoms with van der Waals surface area (Å²) in [6.07, 6.45) is 0. The molecule has 0 atom stereocenters. The number of benzene rings is 1. The summed E-state index contributed by atoms with van der Waals surface area (Å²) >= 11 is 0. The maximum absolute atomic E-state index is 11.8. The Bertz CT molecular complexity index is 642. The van der Waals surface area contributed by atoms with E-state index in [0.29, 0.717) is 17.1 Å². The van der Waals surface area contributed by atoms with Crippen LogP contribution in [0.2, 0.25) is 0 Å². The summed E-state index contributed by atoms with van der Waals surface area (Å²) in [6, 6.07) is 5.84. The van der Waals surface area contributed by atoms with Crippen molar-refractivity contribution in [2.75, 3.05) is 11.9 Å². The second-order valence-electron chi connectivity index (χ2n) is 4.48. The van der Waals surface area contributed by atoms with E-state index in [-0.39, 0.29) is 18.1 Å². The monoisotopic (exact) mass is 289 g/mol. The Morgan fingerprint density at radius 2 is 1.95 bits per heavy atom. The lowest BCUT2D eigenvalue weighted by atomic mass is 10.2. The molecule has 0 aliphatic rings. The van der Waals surface area contributed by atoms with Crippen molar-refractivity contribution < 1.29 is 19.4 Å². The number of hydrogen-bond donors (Lipinski definition) is 3. The van der Waals surface area contributed by atoms with Crippen molar-refractivity contribution in [3.8, 4) is 5.75 Å². The topological polar surface area (TPSA) is 104 Å². The fraction of sp³-hybridized carbons (Fsp3) is 0.214. The number of H-pyrrole nitrogens is 1. The van der Waals surface area contributed by atoms with Crippen LogP contribution in [-0.2, 0) is 4.79 Å². The molecule has 1 heterocycles. The molecule has 0 aliphatic carbocycles. The van der Waals surface area contributed by atoms with Gasteiger partial charge in [0.1, 0.15) is 5.75 Å². The first-order chi connectivity index (χ1) is 9.97. The molecule has 0 spiro atoms. The number of aromatic nitrogens is 2. The molecule has 21 heavy (non-hydrogen) atoms. The molecular formula is C14H15N3O4. The Hall–Kier alpha value is -2.83. The van der Waals surface area contributed by atoms with Crippen LogP contribution < -0.4 is 10.1 Å². The van der Waals surface area contributed by atoms with Crippen LogP contribution in [0, 0.1) is 13.8 Å². The fourth-order valence-electron chi connectivity index (χ4n) is 1.75. The molecule has 0 saturated carbocycles. The third-order valence-electron chi connectivity index (χ3n) is 2.86. The standard InChI is InChI=1S/C14H15N3O4/c1-8-13(9(2)17-16-8)15-12(18)7-21-11-5-3-10(4-6-11)14(19)20/h3-6H,7H2,1-2H3,(H,15,18)(H,16,17)(H,19,20). The van der Waals surface area contributed by atoms with Crippen molar-refractivity contribution in [2.24, 2.45) is 0 Å². The van der Waals surface area contributed by atoms with Gasteiger partial charge < -0.3 is 15.2 Å². The third-order valence-corrected chi connectivity index (χ3v) is 2.86. The first-order valence-electron chi connectivity index (χ1n) is 6.25. The zero-order valence-electron chi connectivity index (χ0n) is 11.6. The van der Waals surface area contributed by atoms with E-state index in [1.54, 1.807) is 13.8 Å². The van der Waals surface area contributed by atoms with Gasteiger partial charge in [-0.15, -0.1) is 0 Å². The number of aryl methyl sites for hydroxylation is 2. The quantitative estimate of drug-likeness (QED) is 0.777. The van der Waals surface area contributed by atoms with Crippen LogP contribution in [0.15, 0.2) is 24.3 Å². The van der Waals surface area contributed by atoms with Gasteiger partial charge in [-0.05, 0) is 38.1 Å². The van der Waals surface area contributed by atoms with E-state index in [4.69, 9.17) is 9.84 Å². The average molecular weight is 289 g/mol. The van der Waals surface area contributed by atoms with Gasteiger partial charge in [-0.1, -0.05) is 0 Å². The number of rotatable bonds is 5. The summed E-state index contributed by atoms with van der Waals surface area (Å²) < 4.78 is 5.30. The number of nitrogens with one attached hydrogen (secondary N) is 2. The highest BCUT2D eigenvalue weighted by atomic mass is 16.5. The lowest BCUT2D eigenvalue weighted by Crippen LogP contribution is -2.20. The van der Waals surface area contributed by atoms with Crippen molar-refractivity contribution in [3.05, 3.63) is 41.2 Å². The van der Waals surface area contributed by atoms with Crippen LogP contribution in [0.4, 0.5) is 5.69 Å². The Morgan fingerprint density at radius 1 is 1.29 bits per heavy atom. The third kappa shape index (κ3) is 3.59. The molecule has 1 aromatic carbocycles. The van der Waals surface area contributed by atoms with E-state index in [9.17, 15) is 9.59 Å². The predicted molar refractivity (Wildman–Crippen MR) is 75.6 cm³/mol. The summed E-state index contributed by atoms with van der Waals surface area (Å²) in [5, 5.41) is 18.2. The van der Waals surface area contributed by atoms with E-state index in [1.165, 1.54) is 24.3 Å². The van der Waals surface area contributed by atoms with E-state index in [1.807, 2.05) is 0 Å². The van der Waals surface area contributed by atoms with Gasteiger partial charge in [0, 0.05) is 0 Å². The maximum atomic E-state index is 11.8. The van der Waals surface area contributed by atoms with Gasteiger partial charge in [0.2, 0.25) is 0 Å². The van der Waals surface area contributed by atoms with Crippen molar-refractivity contribution >= 4 is 17.6 Å². The van der Waals surface area contributed by atoms with E-state index in [2.05, 4.69) is 15.5 Å². The molecule has 2 aromatic rings. The van der Waals surface area contributed by atoms with Crippen molar-refractivity contribution in [2.45, 2.75) is 13.8 Å². The molecular weight excluding hydrogens is 274 g/mol. The molecule has 0 radical (unpaired) electrons. The van der Waals surface area contributed by atoms with E-state index >= 15 is 0 Å². The molecule has 0 saturated heterocycles. The summed E-state index contributed by atoms with van der Waals surface area (Å²) in [4.78, 5) is 22.5. The average Bonchev–Trinajstić information content (AvgIpc) is 2.77. The minimum Gasteiger partial charge on any atom is -0.484 e. The van der Waals surface area contributed by atoms with Gasteiger partial charge >= 0.3 is 5.97 Å². The van der Waals surface area contributed by atoms with E-state index in [0.717, 1.165) is 5.69 Å². The van der Waals surface area contributed by atoms with Gasteiger partial charge in [-0.2, -0.15) is 5.10 Å². The molecule has 0 fully saturated rings. The molecule has 0 bridgehead atoms. The highest BCUT2D eigenvalue weighted by Gasteiger charge is 2.11. The molecule has 3 N–H and O–H groups in total. The number of carbonyl (C=O) groups excluding carboxylic acids is 1. The van der Waals surface area contributed by atoms with Crippen LogP contribution in [0.3, 0.4) is 0 Å². The van der Waals surface area contributed by atoms with Crippen LogP contribution in [0.5, 0.6) is 5.75 Å². The van der Waals surface area contributed by atoms with Gasteiger partial charge in [0.15, 0.2) is 6.61 Å². The van der Waals surface area contributed by atoms with Gasteiger partial charge in [-0.3, -0.25) is 9.89 Å². The smallest absolute Gasteiger partial charge is 0.335 e. The number of carboxylic acids is 1. The number of ether oxygens (including phenoxy) is 1. The van der Waals surface area contributed by atoms with Crippen molar-refractivity contribution in [3.63, 3.8) is 0 Å². The molecule has 1 aromatic heterocycles. The molecule has 2 rings (SSSR count). The first-order valence-corrected chi connectivity index (χ1v) is 6.25. The highest BCUT2D eigenvalue weighted by Crippen LogP contribution is 2.16. The van der Waals surface area contributed by atoms with Crippen LogP contribution in [0.25, 0.3) is 0 Å². The van der Waals surface area contributed by atoms with Gasteiger partial charge in [-0.25, -0.2) is 4.79 Å². The minimum absolute atomic E-state index is 0.163. The number of anilines is 1. The summed E-state index contributed by atoms with van der Waals surface area (Å²) in [5.74, 6) is -0.897. The number of aromatic amines is 1. The lowest BCUT2D eigenvalue weighted by molar-refractivity contribution is -0.118. The largest absolute Gasteiger partial charge is 0.484 e. The Labute approximate surface area is 120 Å². The van der Waals surface area contributed by atoms with E-state index < -0.39 is 5.97 Å². The van der Waals surface area contributed by atoms with Crippen LogP contribution in [0.1, 0.15) is 21.7 Å². The minimum atomic E-state index is -1.01. The molecule has 7 heteroatoms. The molecule has 110 valence electrons. The van der Waals surface area contributed by atoms with Crippen molar-refractivity contribution in [1.82, 2.24) is 10.2 Å². The number of nitrogens with zero attached hydrogens (tertiary/aromatic N) is 1. The Morgan fingerprint density at radius 3 is 2.48 bits per heavy atom. The number of hydrogen-bond acceptors (Lipinski definition) is 4. The number of carbonyl (C=O) groups is 2. The van der Waals surface area contributed by atoms with Gasteiger partial charge in [0.05, 0.1) is 22.6 Å². The SMILES string of the molecule is Cc1n[nH]c(C)c1NC(=O)COc1ccc(C(=O)O)cc1. The normalized spacial score (nSPS) is 10.2. The molecule has 0 aliphatic heterocycles. The second-order valence-corrected chi connectivity index (χ2v) is 4.48.